The van der Waals surface area contributed by atoms with Crippen LogP contribution >= 0.6 is 0 Å². The fourth-order valence-corrected chi connectivity index (χ4v) is 5.18. The van der Waals surface area contributed by atoms with Gasteiger partial charge in [-0.2, -0.15) is 5.10 Å². The molecule has 6 nitrogen and oxygen atoms in total. The molecule has 5 rings (SSSR count). The zero-order valence-corrected chi connectivity index (χ0v) is 19.8. The van der Waals surface area contributed by atoms with E-state index in [2.05, 4.69) is 58.1 Å². The van der Waals surface area contributed by atoms with Crippen LogP contribution in [0.1, 0.15) is 52.1 Å². The van der Waals surface area contributed by atoms with Crippen LogP contribution in [0.4, 0.5) is 0 Å². The lowest BCUT2D eigenvalue weighted by molar-refractivity contribution is 0.0538. The molecule has 6 heteroatoms. The maximum atomic E-state index is 13.5. The predicted octanol–water partition coefficient (Wildman–Crippen LogP) is 3.67. The molecule has 2 aliphatic rings. The van der Waals surface area contributed by atoms with E-state index in [1.54, 1.807) is 0 Å². The highest BCUT2D eigenvalue weighted by Gasteiger charge is 2.31. The fourth-order valence-electron chi connectivity index (χ4n) is 5.18. The molecule has 0 radical (unpaired) electrons. The number of aryl methyl sites for hydroxylation is 2. The highest BCUT2D eigenvalue weighted by Crippen LogP contribution is 2.26. The van der Waals surface area contributed by atoms with E-state index >= 15 is 0 Å². The minimum Gasteiger partial charge on any atom is -0.393 e. The molecular weight excluding hydrogens is 424 g/mol. The summed E-state index contributed by atoms with van der Waals surface area (Å²) in [5.41, 5.74) is 5.56. The van der Waals surface area contributed by atoms with Gasteiger partial charge in [-0.15, -0.1) is 0 Å². The maximum Gasteiger partial charge on any atom is 0.274 e. The molecule has 34 heavy (non-hydrogen) atoms. The molecule has 0 saturated carbocycles. The first-order chi connectivity index (χ1) is 16.7. The van der Waals surface area contributed by atoms with Crippen molar-refractivity contribution in [1.82, 2.24) is 19.6 Å². The zero-order valence-electron chi connectivity index (χ0n) is 19.8. The molecule has 3 aromatic rings. The first kappa shape index (κ1) is 22.8. The number of piperidine rings is 1. The van der Waals surface area contributed by atoms with E-state index in [9.17, 15) is 9.90 Å². The van der Waals surface area contributed by atoms with Gasteiger partial charge in [0.25, 0.3) is 5.91 Å². The molecule has 1 N–H and O–H groups in total. The van der Waals surface area contributed by atoms with Crippen LogP contribution in [-0.4, -0.2) is 56.3 Å². The molecule has 0 bridgehead atoms. The van der Waals surface area contributed by atoms with Crippen LogP contribution in [0.2, 0.25) is 0 Å². The fraction of sp³-hybridized carbons (Fsp3) is 0.429. The Morgan fingerprint density at radius 3 is 2.32 bits per heavy atom. The van der Waals surface area contributed by atoms with Crippen LogP contribution in [0.15, 0.2) is 60.7 Å². The van der Waals surface area contributed by atoms with Gasteiger partial charge in [0.1, 0.15) is 0 Å². The number of benzene rings is 2. The number of carbonyl (C=O) groups is 1. The smallest absolute Gasteiger partial charge is 0.274 e. The van der Waals surface area contributed by atoms with Gasteiger partial charge < -0.3 is 10.0 Å². The predicted molar refractivity (Wildman–Crippen MR) is 132 cm³/mol. The third-order valence-electron chi connectivity index (χ3n) is 7.09. The van der Waals surface area contributed by atoms with E-state index in [0.29, 0.717) is 31.6 Å². The number of fused-ring (bicyclic) bond motifs is 1. The van der Waals surface area contributed by atoms with Gasteiger partial charge in [0.15, 0.2) is 5.69 Å². The van der Waals surface area contributed by atoms with Crippen molar-refractivity contribution in [3.05, 3.63) is 88.7 Å². The number of aliphatic hydroxyl groups excluding tert-OH is 1. The number of hydrogen-bond acceptors (Lipinski definition) is 4. The number of rotatable bonds is 7. The lowest BCUT2D eigenvalue weighted by Gasteiger charge is -2.30. The molecule has 0 atom stereocenters. The second kappa shape index (κ2) is 10.5. The lowest BCUT2D eigenvalue weighted by atomic mass is 10.0. The Labute approximate surface area is 201 Å². The van der Waals surface area contributed by atoms with Gasteiger partial charge in [-0.25, -0.2) is 0 Å². The SMILES string of the molecule is O=C(c1nn(CCCc2ccccc2)c2c1CN(Cc1ccccc1)CC2)N1CCC(O)CC1. The Kier molecular flexibility index (Phi) is 7.07. The van der Waals surface area contributed by atoms with Crippen LogP contribution in [-0.2, 0) is 32.5 Å². The molecule has 2 aromatic carbocycles. The van der Waals surface area contributed by atoms with Gasteiger partial charge in [0.05, 0.1) is 6.10 Å². The average Bonchev–Trinajstić information content (AvgIpc) is 3.23. The third kappa shape index (κ3) is 5.24. The molecule has 0 unspecified atom stereocenters. The molecule has 178 valence electrons. The standard InChI is InChI=1S/C28H34N4O2/c33-24-13-18-31(19-14-24)28(34)27-25-21-30(20-23-10-5-2-6-11-23)17-15-26(25)32(29-27)16-7-12-22-8-3-1-4-9-22/h1-6,8-11,24,33H,7,12-21H2. The first-order valence-electron chi connectivity index (χ1n) is 12.5. The largest absolute Gasteiger partial charge is 0.393 e. The van der Waals surface area contributed by atoms with Gasteiger partial charge in [0.2, 0.25) is 0 Å². The summed E-state index contributed by atoms with van der Waals surface area (Å²) in [7, 11) is 0. The van der Waals surface area contributed by atoms with Gasteiger partial charge in [-0.05, 0) is 36.8 Å². The Balaban J connectivity index is 1.35. The van der Waals surface area contributed by atoms with Crippen molar-refractivity contribution in [2.75, 3.05) is 19.6 Å². The third-order valence-corrected chi connectivity index (χ3v) is 7.09. The van der Waals surface area contributed by atoms with E-state index in [1.807, 2.05) is 17.0 Å². The van der Waals surface area contributed by atoms with E-state index < -0.39 is 0 Å². The molecule has 3 heterocycles. The Hall–Kier alpha value is -2.96. The summed E-state index contributed by atoms with van der Waals surface area (Å²) in [5, 5.41) is 14.8. The summed E-state index contributed by atoms with van der Waals surface area (Å²) in [5.74, 6) is 0.0199. The summed E-state index contributed by atoms with van der Waals surface area (Å²) in [6.45, 7) is 4.62. The maximum absolute atomic E-state index is 13.5. The highest BCUT2D eigenvalue weighted by molar-refractivity contribution is 5.94. The van der Waals surface area contributed by atoms with Crippen molar-refractivity contribution in [2.45, 2.75) is 57.8 Å². The lowest BCUT2D eigenvalue weighted by Crippen LogP contribution is -2.41. The Bertz CT molecular complexity index is 1090. The van der Waals surface area contributed by atoms with Crippen LogP contribution in [0.5, 0.6) is 0 Å². The second-order valence-corrected chi connectivity index (χ2v) is 9.56. The monoisotopic (exact) mass is 458 g/mol. The normalized spacial score (nSPS) is 17.0. The quantitative estimate of drug-likeness (QED) is 0.587. The van der Waals surface area contributed by atoms with Gasteiger partial charge in [-0.3, -0.25) is 14.4 Å². The molecule has 1 aromatic heterocycles. The van der Waals surface area contributed by atoms with Gasteiger partial charge in [0, 0.05) is 56.9 Å². The van der Waals surface area contributed by atoms with Crippen LogP contribution < -0.4 is 0 Å². The summed E-state index contributed by atoms with van der Waals surface area (Å²) >= 11 is 0. The summed E-state index contributed by atoms with van der Waals surface area (Å²) in [6, 6.07) is 21.1. The van der Waals surface area contributed by atoms with Crippen molar-refractivity contribution in [3.8, 4) is 0 Å². The highest BCUT2D eigenvalue weighted by atomic mass is 16.3. The minimum atomic E-state index is -0.296. The van der Waals surface area contributed by atoms with Crippen molar-refractivity contribution in [2.24, 2.45) is 0 Å². The Morgan fingerprint density at radius 2 is 1.62 bits per heavy atom. The van der Waals surface area contributed by atoms with Crippen molar-refractivity contribution >= 4 is 5.91 Å². The topological polar surface area (TPSA) is 61.6 Å². The van der Waals surface area contributed by atoms with E-state index in [4.69, 9.17) is 5.10 Å². The zero-order chi connectivity index (χ0) is 23.3. The summed E-state index contributed by atoms with van der Waals surface area (Å²) < 4.78 is 2.10. The molecule has 0 aliphatic carbocycles. The number of aromatic nitrogens is 2. The summed E-state index contributed by atoms with van der Waals surface area (Å²) in [6.07, 6.45) is 3.90. The number of likely N-dealkylation sites (tertiary alicyclic amines) is 1. The van der Waals surface area contributed by atoms with E-state index in [0.717, 1.165) is 51.0 Å². The van der Waals surface area contributed by atoms with Crippen LogP contribution in [0.3, 0.4) is 0 Å². The minimum absolute atomic E-state index is 0.0199. The van der Waals surface area contributed by atoms with Gasteiger partial charge in [-0.1, -0.05) is 60.7 Å². The van der Waals surface area contributed by atoms with Crippen molar-refractivity contribution in [1.29, 1.82) is 0 Å². The van der Waals surface area contributed by atoms with Gasteiger partial charge >= 0.3 is 0 Å². The molecule has 1 fully saturated rings. The first-order valence-corrected chi connectivity index (χ1v) is 12.5. The second-order valence-electron chi connectivity index (χ2n) is 9.56. The number of carbonyl (C=O) groups excluding carboxylic acids is 1. The van der Waals surface area contributed by atoms with Crippen LogP contribution in [0.25, 0.3) is 0 Å². The molecular formula is C28H34N4O2. The molecule has 2 aliphatic heterocycles. The molecule has 1 saturated heterocycles. The molecule has 0 spiro atoms. The number of aliphatic hydroxyl groups is 1. The van der Waals surface area contributed by atoms with Crippen molar-refractivity contribution in [3.63, 3.8) is 0 Å². The number of amides is 1. The summed E-state index contributed by atoms with van der Waals surface area (Å²) in [4.78, 5) is 17.8. The average molecular weight is 459 g/mol. The Morgan fingerprint density at radius 1 is 0.941 bits per heavy atom. The number of nitrogens with zero attached hydrogens (tertiary/aromatic N) is 4. The van der Waals surface area contributed by atoms with Crippen LogP contribution in [0, 0.1) is 0 Å². The van der Waals surface area contributed by atoms with E-state index in [1.165, 1.54) is 16.8 Å². The van der Waals surface area contributed by atoms with Crippen molar-refractivity contribution < 1.29 is 9.90 Å². The molecule has 1 amide bonds. The number of hydrogen-bond donors (Lipinski definition) is 1. The van der Waals surface area contributed by atoms with E-state index in [-0.39, 0.29) is 12.0 Å².